The molecule has 2 aromatic rings. The zero-order valence-corrected chi connectivity index (χ0v) is 14.0. The molecule has 7 heteroatoms. The number of nitrogens with one attached hydrogen (secondary N) is 1. The highest BCUT2D eigenvalue weighted by atomic mass is 79.9. The van der Waals surface area contributed by atoms with Crippen molar-refractivity contribution in [2.45, 2.75) is 6.54 Å². The zero-order valence-electron chi connectivity index (χ0n) is 10.8. The van der Waals surface area contributed by atoms with Crippen LogP contribution in [0, 0.1) is 17.5 Å². The van der Waals surface area contributed by atoms with Crippen molar-refractivity contribution < 1.29 is 17.9 Å². The van der Waals surface area contributed by atoms with Crippen molar-refractivity contribution in [3.05, 3.63) is 56.2 Å². The van der Waals surface area contributed by atoms with Gasteiger partial charge in [0, 0.05) is 28.7 Å². The second-order valence-electron chi connectivity index (χ2n) is 4.18. The quantitative estimate of drug-likeness (QED) is 0.723. The Morgan fingerprint density at radius 3 is 2.24 bits per heavy atom. The second-order valence-corrected chi connectivity index (χ2v) is 5.95. The topological polar surface area (TPSA) is 21.3 Å². The molecule has 0 unspecified atom stereocenters. The maximum absolute atomic E-state index is 13.6. The van der Waals surface area contributed by atoms with Gasteiger partial charge in [0.15, 0.2) is 11.6 Å². The fourth-order valence-corrected chi connectivity index (χ4v) is 3.34. The Bertz CT molecular complexity index is 657. The minimum Gasteiger partial charge on any atom is -0.495 e. The molecular weight excluding hydrogens is 415 g/mol. The van der Waals surface area contributed by atoms with Gasteiger partial charge in [-0.1, -0.05) is 15.9 Å². The number of methoxy groups -OCH3 is 1. The Balaban J connectivity index is 2.29. The van der Waals surface area contributed by atoms with Gasteiger partial charge in [0.25, 0.3) is 0 Å². The molecule has 0 bridgehead atoms. The lowest BCUT2D eigenvalue weighted by molar-refractivity contribution is 0.407. The average Bonchev–Trinajstić information content (AvgIpc) is 2.36. The van der Waals surface area contributed by atoms with Crippen LogP contribution in [-0.2, 0) is 6.54 Å². The van der Waals surface area contributed by atoms with Crippen LogP contribution in [0.1, 0.15) is 5.56 Å². The third-order valence-corrected chi connectivity index (χ3v) is 3.80. The molecule has 2 rings (SSSR count). The second kappa shape index (κ2) is 6.70. The van der Waals surface area contributed by atoms with Crippen molar-refractivity contribution in [3.63, 3.8) is 0 Å². The number of anilines is 1. The zero-order chi connectivity index (χ0) is 15.6. The molecule has 0 atom stereocenters. The molecule has 0 aliphatic rings. The lowest BCUT2D eigenvalue weighted by atomic mass is 10.2. The molecule has 2 aromatic carbocycles. The summed E-state index contributed by atoms with van der Waals surface area (Å²) in [7, 11) is 1.50. The molecule has 112 valence electrons. The van der Waals surface area contributed by atoms with Crippen molar-refractivity contribution in [3.8, 4) is 5.75 Å². The van der Waals surface area contributed by atoms with Crippen LogP contribution in [0.5, 0.6) is 5.75 Å². The van der Waals surface area contributed by atoms with Crippen LogP contribution in [0.25, 0.3) is 0 Å². The summed E-state index contributed by atoms with van der Waals surface area (Å²) in [4.78, 5) is 0. The van der Waals surface area contributed by atoms with Gasteiger partial charge in [-0.3, -0.25) is 0 Å². The van der Waals surface area contributed by atoms with Crippen LogP contribution in [0.3, 0.4) is 0 Å². The molecular formula is C14H10Br2F3NO. The third-order valence-electron chi connectivity index (χ3n) is 2.75. The normalized spacial score (nSPS) is 10.6. The van der Waals surface area contributed by atoms with E-state index < -0.39 is 17.5 Å². The van der Waals surface area contributed by atoms with Gasteiger partial charge in [-0.25, -0.2) is 13.2 Å². The van der Waals surface area contributed by atoms with Gasteiger partial charge >= 0.3 is 0 Å². The molecule has 0 saturated carbocycles. The lowest BCUT2D eigenvalue weighted by Crippen LogP contribution is -2.06. The molecule has 0 amide bonds. The first-order chi connectivity index (χ1) is 9.92. The number of hydrogen-bond acceptors (Lipinski definition) is 2. The standard InChI is InChI=1S/C14H10Br2F3NO/c1-21-14-7(2-8(15)3-10(14)16)6-20-13-11(18)4-9(17)5-12(13)19/h2-5,20H,6H2,1H3. The molecule has 0 radical (unpaired) electrons. The molecule has 0 saturated heterocycles. The Morgan fingerprint density at radius 1 is 1.05 bits per heavy atom. The van der Waals surface area contributed by atoms with Gasteiger partial charge in [0.05, 0.1) is 11.6 Å². The van der Waals surface area contributed by atoms with Crippen molar-refractivity contribution in [2.24, 2.45) is 0 Å². The van der Waals surface area contributed by atoms with E-state index in [1.807, 2.05) is 0 Å². The predicted molar refractivity (Wildman–Crippen MR) is 82.0 cm³/mol. The Morgan fingerprint density at radius 2 is 1.67 bits per heavy atom. The SMILES string of the molecule is COc1c(Br)cc(Br)cc1CNc1c(F)cc(F)cc1F. The fraction of sp³-hybridized carbons (Fsp3) is 0.143. The van der Waals surface area contributed by atoms with Gasteiger partial charge in [-0.05, 0) is 28.1 Å². The average molecular weight is 425 g/mol. The largest absolute Gasteiger partial charge is 0.495 e. The molecule has 0 aliphatic heterocycles. The van der Waals surface area contributed by atoms with Crippen LogP contribution in [0.15, 0.2) is 33.2 Å². The van der Waals surface area contributed by atoms with Gasteiger partial charge in [0.1, 0.15) is 17.3 Å². The molecule has 0 fully saturated rings. The number of rotatable bonds is 4. The fourth-order valence-electron chi connectivity index (χ4n) is 1.87. The number of ether oxygens (including phenoxy) is 1. The molecule has 0 aliphatic carbocycles. The lowest BCUT2D eigenvalue weighted by Gasteiger charge is -2.14. The van der Waals surface area contributed by atoms with E-state index >= 15 is 0 Å². The first-order valence-corrected chi connectivity index (χ1v) is 7.41. The Kier molecular flexibility index (Phi) is 5.16. The highest BCUT2D eigenvalue weighted by Gasteiger charge is 2.14. The highest BCUT2D eigenvalue weighted by Crippen LogP contribution is 2.33. The summed E-state index contributed by atoms with van der Waals surface area (Å²) < 4.78 is 46.7. The predicted octanol–water partition coefficient (Wildman–Crippen LogP) is 5.25. The van der Waals surface area contributed by atoms with E-state index in [0.29, 0.717) is 27.9 Å². The third kappa shape index (κ3) is 3.71. The molecule has 2 nitrogen and oxygen atoms in total. The molecule has 0 spiro atoms. The van der Waals surface area contributed by atoms with Gasteiger partial charge in [0.2, 0.25) is 0 Å². The molecule has 21 heavy (non-hydrogen) atoms. The highest BCUT2D eigenvalue weighted by molar-refractivity contribution is 9.11. The van der Waals surface area contributed by atoms with E-state index in [4.69, 9.17) is 4.74 Å². The van der Waals surface area contributed by atoms with Crippen molar-refractivity contribution in [2.75, 3.05) is 12.4 Å². The molecule has 0 heterocycles. The van der Waals surface area contributed by atoms with Crippen LogP contribution >= 0.6 is 31.9 Å². The minimum absolute atomic E-state index is 0.112. The minimum atomic E-state index is -0.986. The van der Waals surface area contributed by atoms with Crippen molar-refractivity contribution >= 4 is 37.5 Å². The van der Waals surface area contributed by atoms with Crippen LogP contribution in [0.2, 0.25) is 0 Å². The summed E-state index contributed by atoms with van der Waals surface area (Å²) in [6.07, 6.45) is 0. The first-order valence-electron chi connectivity index (χ1n) is 5.82. The summed E-state index contributed by atoms with van der Waals surface area (Å²) in [6, 6.07) is 4.80. The van der Waals surface area contributed by atoms with E-state index in [0.717, 1.165) is 4.47 Å². The Hall–Kier alpha value is -1.21. The summed E-state index contributed by atoms with van der Waals surface area (Å²) in [5.41, 5.74) is 0.302. The summed E-state index contributed by atoms with van der Waals surface area (Å²) in [6.45, 7) is 0.112. The van der Waals surface area contributed by atoms with Gasteiger partial charge in [-0.2, -0.15) is 0 Å². The van der Waals surface area contributed by atoms with Crippen LogP contribution in [-0.4, -0.2) is 7.11 Å². The molecule has 1 N–H and O–H groups in total. The number of benzene rings is 2. The van der Waals surface area contributed by atoms with Gasteiger partial charge < -0.3 is 10.1 Å². The van der Waals surface area contributed by atoms with E-state index in [-0.39, 0.29) is 12.2 Å². The van der Waals surface area contributed by atoms with E-state index in [1.54, 1.807) is 12.1 Å². The van der Waals surface area contributed by atoms with Gasteiger partial charge in [-0.15, -0.1) is 0 Å². The van der Waals surface area contributed by atoms with Crippen LogP contribution < -0.4 is 10.1 Å². The molecule has 0 aromatic heterocycles. The van der Waals surface area contributed by atoms with E-state index in [2.05, 4.69) is 37.2 Å². The summed E-state index contributed by atoms with van der Waals surface area (Å²) >= 11 is 6.67. The summed E-state index contributed by atoms with van der Waals surface area (Å²) in [5, 5.41) is 2.62. The maximum atomic E-state index is 13.6. The van der Waals surface area contributed by atoms with E-state index in [1.165, 1.54) is 7.11 Å². The smallest absolute Gasteiger partial charge is 0.152 e. The first kappa shape index (κ1) is 16.2. The number of halogens is 5. The monoisotopic (exact) mass is 423 g/mol. The van der Waals surface area contributed by atoms with Crippen LogP contribution in [0.4, 0.5) is 18.9 Å². The van der Waals surface area contributed by atoms with Crippen molar-refractivity contribution in [1.82, 2.24) is 0 Å². The van der Waals surface area contributed by atoms with Crippen molar-refractivity contribution in [1.29, 1.82) is 0 Å². The maximum Gasteiger partial charge on any atom is 0.152 e. The summed E-state index contributed by atoms with van der Waals surface area (Å²) in [5.74, 6) is -2.38. The van der Waals surface area contributed by atoms with E-state index in [9.17, 15) is 13.2 Å². The number of hydrogen-bond donors (Lipinski definition) is 1. The Labute approximate surface area is 136 Å².